The van der Waals surface area contributed by atoms with Crippen LogP contribution in [0, 0.1) is 0 Å². The molecule has 0 spiro atoms. The number of para-hydroxylation sites is 1. The average molecular weight is 654 g/mol. The Kier molecular flexibility index (Phi) is 11.7. The van der Waals surface area contributed by atoms with Crippen molar-refractivity contribution >= 4 is 5.69 Å². The Balaban J connectivity index is 1.50. The van der Waals surface area contributed by atoms with Crippen molar-refractivity contribution in [3.8, 4) is 23.0 Å². The molecule has 1 aliphatic heterocycles. The summed E-state index contributed by atoms with van der Waals surface area (Å²) in [5.41, 5.74) is 16.1. The lowest BCUT2D eigenvalue weighted by molar-refractivity contribution is 0.00498. The molecule has 10 bridgehead atoms. The van der Waals surface area contributed by atoms with Crippen molar-refractivity contribution in [1.29, 1.82) is 0 Å². The van der Waals surface area contributed by atoms with E-state index in [1.54, 1.807) is 0 Å². The minimum atomic E-state index is 0.429. The predicted molar refractivity (Wildman–Crippen MR) is 187 cm³/mol. The Labute approximate surface area is 284 Å². The van der Waals surface area contributed by atoms with Gasteiger partial charge in [-0.3, -0.25) is 0 Å². The van der Waals surface area contributed by atoms with E-state index in [9.17, 15) is 0 Å². The van der Waals surface area contributed by atoms with E-state index in [4.69, 9.17) is 38.9 Å². The summed E-state index contributed by atoms with van der Waals surface area (Å²) < 4.78 is 42.5. The first-order chi connectivity index (χ1) is 23.6. The zero-order valence-corrected chi connectivity index (χ0v) is 28.2. The summed E-state index contributed by atoms with van der Waals surface area (Å²) in [5.74, 6) is 3.41. The number of rotatable bonds is 4. The van der Waals surface area contributed by atoms with Crippen LogP contribution in [0.1, 0.15) is 58.4 Å². The van der Waals surface area contributed by atoms with Gasteiger partial charge in [-0.2, -0.15) is 0 Å². The SMILES string of the molecule is CCOc1c2cccc1Cc1cc3cc(c1)OCCOCCOCCOCCOc1cc(cc(c1)Cc1cc(N)cc(c1OCC)C3)C2. The zero-order chi connectivity index (χ0) is 33.1. The Bertz CT molecular complexity index is 1560. The van der Waals surface area contributed by atoms with Crippen molar-refractivity contribution in [3.05, 3.63) is 111 Å². The molecule has 2 aliphatic rings. The molecule has 0 unspecified atom stereocenters. The number of anilines is 1. The molecule has 0 fully saturated rings. The second-order valence-corrected chi connectivity index (χ2v) is 12.2. The molecule has 6 rings (SSSR count). The van der Waals surface area contributed by atoms with Gasteiger partial charge in [-0.05, 0) is 83.6 Å². The molecular weight excluding hydrogens is 606 g/mol. The lowest BCUT2D eigenvalue weighted by atomic mass is 9.92. The van der Waals surface area contributed by atoms with E-state index in [1.165, 1.54) is 0 Å². The number of hydrogen-bond acceptors (Lipinski definition) is 8. The molecule has 8 heteroatoms. The van der Waals surface area contributed by atoms with E-state index in [0.717, 1.165) is 67.5 Å². The van der Waals surface area contributed by atoms with Gasteiger partial charge < -0.3 is 38.9 Å². The zero-order valence-electron chi connectivity index (χ0n) is 28.2. The van der Waals surface area contributed by atoms with Gasteiger partial charge in [0.1, 0.15) is 36.2 Å². The largest absolute Gasteiger partial charge is 0.493 e. The molecule has 4 aromatic carbocycles. The first-order valence-electron chi connectivity index (χ1n) is 17.1. The van der Waals surface area contributed by atoms with Crippen LogP contribution in [0.3, 0.4) is 0 Å². The van der Waals surface area contributed by atoms with Crippen molar-refractivity contribution < 1.29 is 33.2 Å². The van der Waals surface area contributed by atoms with Crippen LogP contribution in [0.25, 0.3) is 0 Å². The topological polar surface area (TPSA) is 90.6 Å². The third kappa shape index (κ3) is 9.01. The van der Waals surface area contributed by atoms with Gasteiger partial charge in [0.05, 0.1) is 52.9 Å². The van der Waals surface area contributed by atoms with Crippen LogP contribution in [-0.2, 0) is 39.9 Å². The number of nitrogens with two attached hydrogens (primary N) is 1. The standard InChI is InChI=1S/C40H47NO7/c1-3-45-39-32-6-5-7-33(39)19-29-17-31-21-35-27-36(41)26-34(40(35)46-4-2)20-30-16-28(18-32)22-37(24-30)47-14-12-43-10-8-42-9-11-44-13-15-48-38(23-29)25-31/h5-7,16-17,22-27H,3-4,8-15,18-21,41H2,1-2H3. The molecule has 0 saturated heterocycles. The van der Waals surface area contributed by atoms with Gasteiger partial charge in [0, 0.05) is 42.5 Å². The van der Waals surface area contributed by atoms with E-state index in [-0.39, 0.29) is 0 Å². The smallest absolute Gasteiger partial charge is 0.126 e. The molecule has 0 amide bonds. The maximum absolute atomic E-state index is 6.57. The Morgan fingerprint density at radius 1 is 0.500 bits per heavy atom. The molecule has 0 saturated carbocycles. The minimum absolute atomic E-state index is 0.429. The Morgan fingerprint density at radius 3 is 1.29 bits per heavy atom. The third-order valence-electron chi connectivity index (χ3n) is 8.39. The second kappa shape index (κ2) is 16.7. The molecule has 48 heavy (non-hydrogen) atoms. The Morgan fingerprint density at radius 2 is 0.875 bits per heavy atom. The summed E-state index contributed by atoms with van der Waals surface area (Å²) in [6.07, 6.45) is 2.66. The van der Waals surface area contributed by atoms with Crippen LogP contribution in [0.5, 0.6) is 23.0 Å². The number of fused-ring (bicyclic) bond motifs is 6. The van der Waals surface area contributed by atoms with Crippen molar-refractivity contribution in [1.82, 2.24) is 0 Å². The number of nitrogen functional groups attached to an aromatic ring is 1. The molecular formula is C40H47NO7. The summed E-state index contributed by atoms with van der Waals surface area (Å²) >= 11 is 0. The molecule has 4 aromatic rings. The molecule has 0 radical (unpaired) electrons. The number of benzene rings is 4. The number of ether oxygens (including phenoxy) is 7. The molecule has 254 valence electrons. The maximum atomic E-state index is 6.57. The first-order valence-corrected chi connectivity index (χ1v) is 17.1. The monoisotopic (exact) mass is 653 g/mol. The van der Waals surface area contributed by atoms with Gasteiger partial charge in [-0.25, -0.2) is 0 Å². The fraction of sp³-hybridized carbons (Fsp3) is 0.400. The quantitative estimate of drug-likeness (QED) is 0.218. The predicted octanol–water partition coefficient (Wildman–Crippen LogP) is 6.56. The molecule has 1 aliphatic carbocycles. The summed E-state index contributed by atoms with van der Waals surface area (Å²) in [4.78, 5) is 0. The fourth-order valence-electron chi connectivity index (χ4n) is 6.51. The van der Waals surface area contributed by atoms with Gasteiger partial charge in [0.25, 0.3) is 0 Å². The summed E-state index contributed by atoms with van der Waals surface area (Å²) in [7, 11) is 0. The highest BCUT2D eigenvalue weighted by Gasteiger charge is 2.18. The third-order valence-corrected chi connectivity index (χ3v) is 8.39. The van der Waals surface area contributed by atoms with Crippen molar-refractivity contribution in [2.24, 2.45) is 0 Å². The highest BCUT2D eigenvalue weighted by Crippen LogP contribution is 2.36. The van der Waals surface area contributed by atoms with Gasteiger partial charge in [0.2, 0.25) is 0 Å². The second-order valence-electron chi connectivity index (χ2n) is 12.2. The number of hydrogen-bond donors (Lipinski definition) is 1. The van der Waals surface area contributed by atoms with E-state index in [2.05, 4.69) is 54.6 Å². The van der Waals surface area contributed by atoms with Crippen LogP contribution in [0.15, 0.2) is 66.7 Å². The molecule has 0 aromatic heterocycles. The first kappa shape index (κ1) is 33.7. The van der Waals surface area contributed by atoms with Crippen LogP contribution in [0.2, 0.25) is 0 Å². The van der Waals surface area contributed by atoms with Crippen LogP contribution >= 0.6 is 0 Å². The molecule has 8 nitrogen and oxygen atoms in total. The van der Waals surface area contributed by atoms with Crippen LogP contribution in [-0.4, -0.2) is 66.1 Å². The van der Waals surface area contributed by atoms with Crippen molar-refractivity contribution in [2.75, 3.05) is 71.8 Å². The minimum Gasteiger partial charge on any atom is -0.493 e. The molecule has 0 atom stereocenters. The van der Waals surface area contributed by atoms with Gasteiger partial charge in [0.15, 0.2) is 0 Å². The fourth-order valence-corrected chi connectivity index (χ4v) is 6.51. The van der Waals surface area contributed by atoms with Gasteiger partial charge in [-0.15, -0.1) is 0 Å². The van der Waals surface area contributed by atoms with E-state index in [1.807, 2.05) is 26.0 Å². The van der Waals surface area contributed by atoms with Gasteiger partial charge in [-0.1, -0.05) is 30.3 Å². The highest BCUT2D eigenvalue weighted by atomic mass is 16.6. The van der Waals surface area contributed by atoms with E-state index in [0.29, 0.717) is 97.4 Å². The van der Waals surface area contributed by atoms with Crippen LogP contribution in [0.4, 0.5) is 5.69 Å². The summed E-state index contributed by atoms with van der Waals surface area (Å²) in [5, 5.41) is 0. The maximum Gasteiger partial charge on any atom is 0.126 e. The van der Waals surface area contributed by atoms with E-state index >= 15 is 0 Å². The highest BCUT2D eigenvalue weighted by molar-refractivity contribution is 5.57. The lowest BCUT2D eigenvalue weighted by Gasteiger charge is -2.20. The summed E-state index contributed by atoms with van der Waals surface area (Å²) in [6, 6.07) is 23.5. The average Bonchev–Trinajstić information content (AvgIpc) is 3.05. The molecule has 2 N–H and O–H groups in total. The normalized spacial score (nSPS) is 15.9. The summed E-state index contributed by atoms with van der Waals surface area (Å²) in [6.45, 7) is 8.95. The van der Waals surface area contributed by atoms with Crippen molar-refractivity contribution in [3.63, 3.8) is 0 Å². The lowest BCUT2D eigenvalue weighted by Crippen LogP contribution is -2.14. The molecule has 1 heterocycles. The Hall–Kier alpha value is -4.24. The van der Waals surface area contributed by atoms with Gasteiger partial charge >= 0.3 is 0 Å². The van der Waals surface area contributed by atoms with Crippen molar-refractivity contribution in [2.45, 2.75) is 39.5 Å². The van der Waals surface area contributed by atoms with Crippen LogP contribution < -0.4 is 24.7 Å². The van der Waals surface area contributed by atoms with E-state index < -0.39 is 0 Å².